The van der Waals surface area contributed by atoms with E-state index in [0.29, 0.717) is 12.5 Å². The van der Waals surface area contributed by atoms with Gasteiger partial charge in [0.05, 0.1) is 0 Å². The maximum atomic E-state index is 12.2. The largest absolute Gasteiger partial charge is 0.573 e. The Kier molecular flexibility index (Phi) is 7.45. The number of benzene rings is 1. The van der Waals surface area contributed by atoms with Gasteiger partial charge in [0.2, 0.25) is 0 Å². The van der Waals surface area contributed by atoms with E-state index in [1.54, 1.807) is 6.07 Å². The molecule has 0 aliphatic carbocycles. The van der Waals surface area contributed by atoms with Gasteiger partial charge in [0.15, 0.2) is 0 Å². The predicted molar refractivity (Wildman–Crippen MR) is 82.3 cm³/mol. The minimum Gasteiger partial charge on any atom is -0.406 e. The summed E-state index contributed by atoms with van der Waals surface area (Å²) in [7, 11) is 1.99. The maximum Gasteiger partial charge on any atom is 0.573 e. The summed E-state index contributed by atoms with van der Waals surface area (Å²) in [4.78, 5) is 2.14. The van der Waals surface area contributed by atoms with Crippen LogP contribution in [0.3, 0.4) is 0 Å². The Balaban J connectivity index is 0.00000242. The van der Waals surface area contributed by atoms with Gasteiger partial charge in [0, 0.05) is 13.1 Å². The number of hydrogen-bond acceptors (Lipinski definition) is 3. The molecule has 0 aromatic heterocycles. The molecular formula is C15H22ClF3N2O. The molecule has 7 heteroatoms. The highest BCUT2D eigenvalue weighted by Crippen LogP contribution is 2.24. The van der Waals surface area contributed by atoms with E-state index >= 15 is 0 Å². The average molecular weight is 339 g/mol. The number of ether oxygens (including phenoxy) is 1. The zero-order valence-electron chi connectivity index (χ0n) is 12.5. The van der Waals surface area contributed by atoms with Gasteiger partial charge in [-0.2, -0.15) is 0 Å². The van der Waals surface area contributed by atoms with Gasteiger partial charge in [-0.3, -0.25) is 0 Å². The Hall–Kier alpha value is -0.980. The molecule has 1 aromatic carbocycles. The quantitative estimate of drug-likeness (QED) is 0.890. The van der Waals surface area contributed by atoms with Crippen LogP contribution >= 0.6 is 12.4 Å². The lowest BCUT2D eigenvalue weighted by Gasteiger charge is -2.27. The number of piperidine rings is 1. The zero-order chi connectivity index (χ0) is 15.3. The molecule has 0 spiro atoms. The van der Waals surface area contributed by atoms with Crippen LogP contribution in [-0.2, 0) is 6.54 Å². The molecule has 1 unspecified atom stereocenters. The first-order valence-electron chi connectivity index (χ1n) is 7.16. The Morgan fingerprint density at radius 3 is 2.77 bits per heavy atom. The number of alkyl halides is 3. The van der Waals surface area contributed by atoms with E-state index in [1.807, 2.05) is 13.1 Å². The summed E-state index contributed by atoms with van der Waals surface area (Å²) in [5.74, 6) is 0.450. The molecule has 1 aromatic rings. The summed E-state index contributed by atoms with van der Waals surface area (Å²) in [5, 5.41) is 3.37. The molecule has 1 saturated heterocycles. The van der Waals surface area contributed by atoms with Crippen LogP contribution in [0.15, 0.2) is 24.3 Å². The third kappa shape index (κ3) is 6.85. The van der Waals surface area contributed by atoms with Crippen LogP contribution < -0.4 is 10.1 Å². The molecule has 1 heterocycles. The monoisotopic (exact) mass is 338 g/mol. The number of nitrogens with zero attached hydrogens (tertiary/aromatic N) is 1. The fourth-order valence-corrected chi connectivity index (χ4v) is 2.74. The predicted octanol–water partition coefficient (Wildman–Crippen LogP) is 3.44. The Morgan fingerprint density at radius 1 is 1.36 bits per heavy atom. The molecule has 126 valence electrons. The van der Waals surface area contributed by atoms with E-state index in [1.165, 1.54) is 25.0 Å². The summed E-state index contributed by atoms with van der Waals surface area (Å²) in [6.45, 7) is 3.65. The van der Waals surface area contributed by atoms with Crippen LogP contribution in [0, 0.1) is 5.92 Å². The maximum absolute atomic E-state index is 12.2. The van der Waals surface area contributed by atoms with Crippen LogP contribution in [0.2, 0.25) is 0 Å². The molecule has 0 bridgehead atoms. The van der Waals surface area contributed by atoms with Crippen molar-refractivity contribution in [3.05, 3.63) is 29.8 Å². The van der Waals surface area contributed by atoms with E-state index < -0.39 is 6.36 Å². The third-order valence-corrected chi connectivity index (χ3v) is 3.55. The van der Waals surface area contributed by atoms with E-state index in [2.05, 4.69) is 15.0 Å². The highest BCUT2D eigenvalue weighted by Gasteiger charge is 2.31. The van der Waals surface area contributed by atoms with Crippen LogP contribution in [0.1, 0.15) is 18.4 Å². The normalized spacial score (nSPS) is 18.9. The highest BCUT2D eigenvalue weighted by molar-refractivity contribution is 5.85. The van der Waals surface area contributed by atoms with Crippen LogP contribution in [0.5, 0.6) is 5.75 Å². The van der Waals surface area contributed by atoms with E-state index in [-0.39, 0.29) is 18.2 Å². The first-order chi connectivity index (χ1) is 9.92. The molecule has 2 rings (SSSR count). The van der Waals surface area contributed by atoms with Gasteiger partial charge < -0.3 is 15.0 Å². The smallest absolute Gasteiger partial charge is 0.406 e. The van der Waals surface area contributed by atoms with Crippen molar-refractivity contribution in [2.45, 2.75) is 25.7 Å². The van der Waals surface area contributed by atoms with Crippen LogP contribution in [0.4, 0.5) is 13.2 Å². The van der Waals surface area contributed by atoms with Gasteiger partial charge in [0.25, 0.3) is 0 Å². The molecule has 1 aliphatic rings. The van der Waals surface area contributed by atoms with Crippen LogP contribution in [-0.4, -0.2) is 37.9 Å². The molecule has 1 N–H and O–H groups in total. The summed E-state index contributed by atoms with van der Waals surface area (Å²) < 4.78 is 40.6. The Morgan fingerprint density at radius 2 is 2.14 bits per heavy atom. The van der Waals surface area contributed by atoms with Gasteiger partial charge >= 0.3 is 6.36 Å². The van der Waals surface area contributed by atoms with Crippen molar-refractivity contribution < 1.29 is 17.9 Å². The van der Waals surface area contributed by atoms with Crippen molar-refractivity contribution in [3.8, 4) is 5.75 Å². The number of halogens is 4. The van der Waals surface area contributed by atoms with Gasteiger partial charge in [0.1, 0.15) is 5.75 Å². The van der Waals surface area contributed by atoms with Gasteiger partial charge in [-0.25, -0.2) is 0 Å². The SMILES string of the molecule is CN(Cc1cccc(OC(F)(F)F)c1)CC1CCCNC1.Cl. The number of rotatable bonds is 5. The molecule has 0 amide bonds. The molecular weight excluding hydrogens is 317 g/mol. The van der Waals surface area contributed by atoms with Gasteiger partial charge in [-0.15, -0.1) is 25.6 Å². The molecule has 1 fully saturated rings. The lowest BCUT2D eigenvalue weighted by molar-refractivity contribution is -0.274. The van der Waals surface area contributed by atoms with Crippen LogP contribution in [0.25, 0.3) is 0 Å². The minimum absolute atomic E-state index is 0. The number of hydrogen-bond donors (Lipinski definition) is 1. The second-order valence-electron chi connectivity index (χ2n) is 5.60. The lowest BCUT2D eigenvalue weighted by Crippen LogP contribution is -2.36. The molecule has 3 nitrogen and oxygen atoms in total. The summed E-state index contributed by atoms with van der Waals surface area (Å²) in [5.41, 5.74) is 0.822. The van der Waals surface area contributed by atoms with Gasteiger partial charge in [-0.05, 0) is 56.6 Å². The minimum atomic E-state index is -4.64. The van der Waals surface area contributed by atoms with Crippen molar-refractivity contribution in [2.24, 2.45) is 5.92 Å². The van der Waals surface area contributed by atoms with E-state index in [4.69, 9.17) is 0 Å². The fourth-order valence-electron chi connectivity index (χ4n) is 2.74. The number of nitrogens with one attached hydrogen (secondary N) is 1. The second-order valence-corrected chi connectivity index (χ2v) is 5.60. The Labute approximate surface area is 135 Å². The Bertz CT molecular complexity index is 451. The third-order valence-electron chi connectivity index (χ3n) is 3.55. The van der Waals surface area contributed by atoms with E-state index in [0.717, 1.165) is 25.2 Å². The van der Waals surface area contributed by atoms with Crippen molar-refractivity contribution in [1.29, 1.82) is 0 Å². The van der Waals surface area contributed by atoms with Crippen molar-refractivity contribution in [3.63, 3.8) is 0 Å². The van der Waals surface area contributed by atoms with Gasteiger partial charge in [-0.1, -0.05) is 12.1 Å². The second kappa shape index (κ2) is 8.60. The summed E-state index contributed by atoms with van der Waals surface area (Å²) in [6, 6.07) is 6.18. The molecule has 0 saturated carbocycles. The van der Waals surface area contributed by atoms with Crippen molar-refractivity contribution >= 4 is 12.4 Å². The zero-order valence-corrected chi connectivity index (χ0v) is 13.3. The summed E-state index contributed by atoms with van der Waals surface area (Å²) in [6.07, 6.45) is -2.25. The first-order valence-corrected chi connectivity index (χ1v) is 7.16. The molecule has 0 radical (unpaired) electrons. The van der Waals surface area contributed by atoms with E-state index in [9.17, 15) is 13.2 Å². The standard InChI is InChI=1S/C15H21F3N2O.ClH/c1-20(11-13-5-3-7-19-9-13)10-12-4-2-6-14(8-12)21-15(16,17)18;/h2,4,6,8,13,19H,3,5,7,9-11H2,1H3;1H. The van der Waals surface area contributed by atoms with Crippen molar-refractivity contribution in [2.75, 3.05) is 26.7 Å². The topological polar surface area (TPSA) is 24.5 Å². The molecule has 22 heavy (non-hydrogen) atoms. The highest BCUT2D eigenvalue weighted by atomic mass is 35.5. The molecule has 1 aliphatic heterocycles. The molecule has 1 atom stereocenters. The summed E-state index contributed by atoms with van der Waals surface area (Å²) >= 11 is 0. The van der Waals surface area contributed by atoms with Crippen molar-refractivity contribution in [1.82, 2.24) is 10.2 Å². The average Bonchev–Trinajstić information content (AvgIpc) is 2.38. The lowest BCUT2D eigenvalue weighted by atomic mass is 9.99. The first kappa shape index (κ1) is 19.1. The fraction of sp³-hybridized carbons (Fsp3) is 0.600.